The molecule has 1 heterocycles. The molecule has 0 aliphatic heterocycles. The number of hydrogen-bond acceptors (Lipinski definition) is 4. The lowest BCUT2D eigenvalue weighted by Gasteiger charge is -2.20. The smallest absolute Gasteiger partial charge is 0.103 e. The van der Waals surface area contributed by atoms with Crippen molar-refractivity contribution in [2.75, 3.05) is 7.05 Å². The van der Waals surface area contributed by atoms with Crippen LogP contribution in [0.15, 0.2) is 0 Å². The molecule has 0 radical (unpaired) electrons. The molecule has 0 spiro atoms. The van der Waals surface area contributed by atoms with E-state index in [1.54, 1.807) is 0 Å². The van der Waals surface area contributed by atoms with Crippen molar-refractivity contribution in [2.45, 2.75) is 69.4 Å². The van der Waals surface area contributed by atoms with Crippen molar-refractivity contribution in [2.24, 2.45) is 0 Å². The van der Waals surface area contributed by atoms with E-state index in [1.807, 2.05) is 18.4 Å². The molecule has 1 fully saturated rings. The van der Waals surface area contributed by atoms with Crippen molar-refractivity contribution in [1.82, 2.24) is 10.3 Å². The molecular weight excluding hydrogens is 272 g/mol. The van der Waals surface area contributed by atoms with Crippen LogP contribution in [0.2, 0.25) is 0 Å². The van der Waals surface area contributed by atoms with Gasteiger partial charge in [0.05, 0.1) is 5.69 Å². The highest BCUT2D eigenvalue weighted by Gasteiger charge is 2.16. The molecule has 0 atom stereocenters. The molecule has 0 amide bonds. The molecule has 1 aliphatic rings. The maximum absolute atomic E-state index is 4.86. The van der Waals surface area contributed by atoms with Crippen molar-refractivity contribution in [1.29, 1.82) is 0 Å². The third kappa shape index (κ3) is 4.76. The third-order valence-corrected chi connectivity index (χ3v) is 6.30. The summed E-state index contributed by atoms with van der Waals surface area (Å²) in [5, 5.41) is 5.49. The lowest BCUT2D eigenvalue weighted by Crippen LogP contribution is -2.08. The highest BCUT2D eigenvalue weighted by Crippen LogP contribution is 2.32. The molecule has 1 aliphatic carbocycles. The minimum Gasteiger partial charge on any atom is -0.315 e. The fourth-order valence-corrected chi connectivity index (χ4v) is 5.12. The van der Waals surface area contributed by atoms with E-state index in [-0.39, 0.29) is 0 Å². The largest absolute Gasteiger partial charge is 0.315 e. The SMILES string of the molecule is CCCc1nc(CSC2CCCCC2)sc1CNC. The Bertz CT molecular complexity index is 347. The van der Waals surface area contributed by atoms with Gasteiger partial charge in [0, 0.05) is 22.4 Å². The predicted octanol–water partition coefficient (Wildman–Crippen LogP) is 4.38. The molecule has 0 bridgehead atoms. The van der Waals surface area contributed by atoms with Gasteiger partial charge in [-0.25, -0.2) is 4.98 Å². The Morgan fingerprint density at radius 1 is 1.32 bits per heavy atom. The molecule has 2 rings (SSSR count). The first-order valence-corrected chi connectivity index (χ1v) is 9.43. The van der Waals surface area contributed by atoms with E-state index in [9.17, 15) is 0 Å². The minimum absolute atomic E-state index is 0.889. The van der Waals surface area contributed by atoms with Gasteiger partial charge in [-0.05, 0) is 26.3 Å². The summed E-state index contributed by atoms with van der Waals surface area (Å²) in [7, 11) is 2.02. The van der Waals surface area contributed by atoms with Crippen LogP contribution in [0.5, 0.6) is 0 Å². The number of nitrogens with zero attached hydrogens (tertiary/aromatic N) is 1. The van der Waals surface area contributed by atoms with Crippen LogP contribution in [0.3, 0.4) is 0 Å². The predicted molar refractivity (Wildman–Crippen MR) is 87.0 cm³/mol. The van der Waals surface area contributed by atoms with Gasteiger partial charge >= 0.3 is 0 Å². The maximum Gasteiger partial charge on any atom is 0.103 e. The van der Waals surface area contributed by atoms with Crippen LogP contribution < -0.4 is 5.32 Å². The van der Waals surface area contributed by atoms with Crippen molar-refractivity contribution in [3.63, 3.8) is 0 Å². The summed E-state index contributed by atoms with van der Waals surface area (Å²) >= 11 is 4.05. The van der Waals surface area contributed by atoms with Gasteiger partial charge in [0.1, 0.15) is 5.01 Å². The fourth-order valence-electron chi connectivity index (χ4n) is 2.65. The molecule has 108 valence electrons. The Labute approximate surface area is 125 Å². The number of nitrogens with one attached hydrogen (secondary N) is 1. The molecule has 1 aromatic heterocycles. The van der Waals surface area contributed by atoms with Crippen molar-refractivity contribution < 1.29 is 0 Å². The van der Waals surface area contributed by atoms with Crippen LogP contribution in [0.4, 0.5) is 0 Å². The van der Waals surface area contributed by atoms with Gasteiger partial charge in [0.15, 0.2) is 0 Å². The van der Waals surface area contributed by atoms with E-state index in [0.29, 0.717) is 0 Å². The number of hydrogen-bond donors (Lipinski definition) is 1. The van der Waals surface area contributed by atoms with E-state index in [0.717, 1.165) is 24.0 Å². The molecule has 1 aromatic rings. The van der Waals surface area contributed by atoms with E-state index in [2.05, 4.69) is 24.0 Å². The Morgan fingerprint density at radius 2 is 2.11 bits per heavy atom. The number of aromatic nitrogens is 1. The maximum atomic E-state index is 4.86. The molecule has 0 unspecified atom stereocenters. The number of rotatable bonds is 7. The Morgan fingerprint density at radius 3 is 2.79 bits per heavy atom. The first kappa shape index (κ1) is 15.3. The lowest BCUT2D eigenvalue weighted by molar-refractivity contribution is 0.516. The highest BCUT2D eigenvalue weighted by atomic mass is 32.2. The van der Waals surface area contributed by atoms with Gasteiger partial charge in [0.2, 0.25) is 0 Å². The van der Waals surface area contributed by atoms with Crippen LogP contribution in [-0.2, 0) is 18.7 Å². The van der Waals surface area contributed by atoms with Gasteiger partial charge in [-0.3, -0.25) is 0 Å². The molecule has 4 heteroatoms. The second kappa shape index (κ2) is 8.28. The van der Waals surface area contributed by atoms with E-state index >= 15 is 0 Å². The van der Waals surface area contributed by atoms with Crippen LogP contribution in [0.25, 0.3) is 0 Å². The Kier molecular flexibility index (Phi) is 6.68. The molecule has 0 saturated heterocycles. The monoisotopic (exact) mass is 298 g/mol. The average Bonchev–Trinajstić information content (AvgIpc) is 2.81. The fraction of sp³-hybridized carbons (Fsp3) is 0.800. The van der Waals surface area contributed by atoms with Crippen molar-refractivity contribution in [3.8, 4) is 0 Å². The van der Waals surface area contributed by atoms with E-state index in [4.69, 9.17) is 4.98 Å². The number of thiazole rings is 1. The summed E-state index contributed by atoms with van der Waals surface area (Å²) in [5.41, 5.74) is 1.33. The van der Waals surface area contributed by atoms with Gasteiger partial charge in [0.25, 0.3) is 0 Å². The normalized spacial score (nSPS) is 16.9. The summed E-state index contributed by atoms with van der Waals surface area (Å²) in [4.78, 5) is 6.31. The van der Waals surface area contributed by atoms with Crippen LogP contribution in [-0.4, -0.2) is 17.3 Å². The summed E-state index contributed by atoms with van der Waals surface area (Å²) in [6.45, 7) is 3.21. The van der Waals surface area contributed by atoms with Gasteiger partial charge in [-0.15, -0.1) is 11.3 Å². The second-order valence-electron chi connectivity index (χ2n) is 5.33. The van der Waals surface area contributed by atoms with Crippen LogP contribution >= 0.6 is 23.1 Å². The Balaban J connectivity index is 1.89. The first-order valence-electron chi connectivity index (χ1n) is 7.57. The lowest BCUT2D eigenvalue weighted by atomic mass is 10.0. The first-order chi connectivity index (χ1) is 9.33. The van der Waals surface area contributed by atoms with Crippen LogP contribution in [0.1, 0.15) is 61.0 Å². The van der Waals surface area contributed by atoms with Gasteiger partial charge < -0.3 is 5.32 Å². The van der Waals surface area contributed by atoms with Gasteiger partial charge in [-0.1, -0.05) is 32.6 Å². The minimum atomic E-state index is 0.889. The molecule has 0 aromatic carbocycles. The average molecular weight is 299 g/mol. The summed E-state index contributed by atoms with van der Waals surface area (Å²) in [6.07, 6.45) is 9.46. The van der Waals surface area contributed by atoms with E-state index < -0.39 is 0 Å². The third-order valence-electron chi connectivity index (χ3n) is 3.64. The second-order valence-corrected chi connectivity index (χ2v) is 7.79. The zero-order valence-electron chi connectivity index (χ0n) is 12.2. The number of thioether (sulfide) groups is 1. The molecule has 1 saturated carbocycles. The number of aryl methyl sites for hydroxylation is 1. The van der Waals surface area contributed by atoms with Crippen molar-refractivity contribution in [3.05, 3.63) is 15.6 Å². The molecular formula is C15H26N2S2. The quantitative estimate of drug-likeness (QED) is 0.808. The standard InChI is InChI=1S/C15H26N2S2/c1-3-7-13-14(10-16-2)19-15(17-13)11-18-12-8-5-4-6-9-12/h12,16H,3-11H2,1-2H3. The van der Waals surface area contributed by atoms with E-state index in [1.165, 1.54) is 54.1 Å². The van der Waals surface area contributed by atoms with Crippen molar-refractivity contribution >= 4 is 23.1 Å². The highest BCUT2D eigenvalue weighted by molar-refractivity contribution is 7.99. The topological polar surface area (TPSA) is 24.9 Å². The van der Waals surface area contributed by atoms with Gasteiger partial charge in [-0.2, -0.15) is 11.8 Å². The summed E-state index contributed by atoms with van der Waals surface area (Å²) in [6, 6.07) is 0. The molecule has 2 nitrogen and oxygen atoms in total. The summed E-state index contributed by atoms with van der Waals surface area (Å²) in [5.74, 6) is 1.12. The van der Waals surface area contributed by atoms with Crippen LogP contribution in [0, 0.1) is 0 Å². The Hall–Kier alpha value is -0.0600. The zero-order valence-corrected chi connectivity index (χ0v) is 13.8. The molecule has 19 heavy (non-hydrogen) atoms. The zero-order chi connectivity index (χ0) is 13.5. The summed E-state index contributed by atoms with van der Waals surface area (Å²) < 4.78 is 0. The molecule has 1 N–H and O–H groups in total.